The Kier molecular flexibility index (Phi) is 5.87. The Morgan fingerprint density at radius 3 is 2.27 bits per heavy atom. The Balaban J connectivity index is 1.84. The number of hydrogen-bond donors (Lipinski definition) is 0. The molecule has 0 unspecified atom stereocenters. The van der Waals surface area contributed by atoms with Gasteiger partial charge in [0.25, 0.3) is 0 Å². The second-order valence-electron chi connectivity index (χ2n) is 8.14. The first-order chi connectivity index (χ1) is 14.6. The predicted molar refractivity (Wildman–Crippen MR) is 127 cm³/mol. The molecule has 152 valence electrons. The highest BCUT2D eigenvalue weighted by atomic mass is 16.5. The molecule has 0 saturated carbocycles. The number of fused-ring (bicyclic) bond motifs is 1. The van der Waals surface area contributed by atoms with Crippen molar-refractivity contribution in [3.05, 3.63) is 101 Å². The zero-order chi connectivity index (χ0) is 21.1. The molecule has 0 radical (unpaired) electrons. The molecular weight excluding hydrogens is 366 g/mol. The van der Waals surface area contributed by atoms with Crippen molar-refractivity contribution < 1.29 is 4.74 Å². The van der Waals surface area contributed by atoms with Gasteiger partial charge in [0.2, 0.25) is 0 Å². The molecule has 0 N–H and O–H groups in total. The van der Waals surface area contributed by atoms with Crippen molar-refractivity contribution in [1.82, 2.24) is 4.90 Å². The molecule has 4 aromatic rings. The highest BCUT2D eigenvalue weighted by molar-refractivity contribution is 6.00. The number of hydrogen-bond acceptors (Lipinski definition) is 2. The lowest BCUT2D eigenvalue weighted by Gasteiger charge is -2.23. The molecule has 0 saturated heterocycles. The van der Waals surface area contributed by atoms with Crippen LogP contribution in [0.4, 0.5) is 0 Å². The molecule has 2 nitrogen and oxygen atoms in total. The van der Waals surface area contributed by atoms with Gasteiger partial charge in [-0.3, -0.25) is 4.90 Å². The van der Waals surface area contributed by atoms with Gasteiger partial charge in [0.15, 0.2) is 0 Å². The number of ether oxygens (including phenoxy) is 1. The third-order valence-electron chi connectivity index (χ3n) is 5.66. The summed E-state index contributed by atoms with van der Waals surface area (Å²) in [5, 5.41) is 2.53. The number of benzene rings is 4. The van der Waals surface area contributed by atoms with Gasteiger partial charge in [-0.05, 0) is 65.6 Å². The summed E-state index contributed by atoms with van der Waals surface area (Å²) in [5.41, 5.74) is 7.58. The molecule has 0 bridgehead atoms. The van der Waals surface area contributed by atoms with Gasteiger partial charge in [0.05, 0.1) is 7.11 Å². The van der Waals surface area contributed by atoms with Crippen molar-refractivity contribution >= 4 is 10.8 Å². The number of methoxy groups -OCH3 is 1. The van der Waals surface area contributed by atoms with E-state index in [1.54, 1.807) is 7.11 Å². The van der Waals surface area contributed by atoms with Crippen LogP contribution in [-0.4, -0.2) is 19.1 Å². The fraction of sp³-hybridized carbons (Fsp3) is 0.214. The summed E-state index contributed by atoms with van der Waals surface area (Å²) >= 11 is 0. The van der Waals surface area contributed by atoms with Gasteiger partial charge in [-0.25, -0.2) is 0 Å². The van der Waals surface area contributed by atoms with E-state index in [0.29, 0.717) is 0 Å². The zero-order valence-electron chi connectivity index (χ0n) is 18.3. The van der Waals surface area contributed by atoms with Crippen molar-refractivity contribution in [3.63, 3.8) is 0 Å². The van der Waals surface area contributed by atoms with Gasteiger partial charge < -0.3 is 4.74 Å². The van der Waals surface area contributed by atoms with Crippen LogP contribution in [0.1, 0.15) is 22.3 Å². The van der Waals surface area contributed by atoms with Crippen molar-refractivity contribution in [3.8, 4) is 16.9 Å². The normalized spacial score (nSPS) is 11.2. The summed E-state index contributed by atoms with van der Waals surface area (Å²) in [6, 6.07) is 28.2. The molecule has 4 aromatic carbocycles. The Morgan fingerprint density at radius 2 is 1.50 bits per heavy atom. The molecule has 0 amide bonds. The topological polar surface area (TPSA) is 12.5 Å². The predicted octanol–water partition coefficient (Wildman–Crippen LogP) is 6.76. The minimum Gasteiger partial charge on any atom is -0.496 e. The van der Waals surface area contributed by atoms with Gasteiger partial charge in [0, 0.05) is 18.7 Å². The van der Waals surface area contributed by atoms with Crippen LogP contribution in [0.3, 0.4) is 0 Å². The van der Waals surface area contributed by atoms with E-state index in [9.17, 15) is 0 Å². The van der Waals surface area contributed by atoms with Crippen molar-refractivity contribution in [2.45, 2.75) is 26.9 Å². The molecule has 2 heteroatoms. The Hall–Kier alpha value is -3.10. The SMILES string of the molecule is COc1cc(C)cc(C)c1-c1c(CN(C)Cc2ccccc2)ccc2ccccc12. The Labute approximate surface area is 179 Å². The third-order valence-corrected chi connectivity index (χ3v) is 5.66. The monoisotopic (exact) mass is 395 g/mol. The lowest BCUT2D eigenvalue weighted by molar-refractivity contribution is 0.319. The van der Waals surface area contributed by atoms with Gasteiger partial charge in [-0.1, -0.05) is 72.8 Å². The lowest BCUT2D eigenvalue weighted by atomic mass is 9.89. The van der Waals surface area contributed by atoms with E-state index in [0.717, 1.165) is 18.8 Å². The van der Waals surface area contributed by atoms with Crippen LogP contribution in [0.25, 0.3) is 21.9 Å². The molecule has 0 atom stereocenters. The average Bonchev–Trinajstić information content (AvgIpc) is 2.74. The van der Waals surface area contributed by atoms with E-state index in [1.807, 2.05) is 0 Å². The van der Waals surface area contributed by atoms with Crippen LogP contribution in [0.15, 0.2) is 78.9 Å². The van der Waals surface area contributed by atoms with Crippen LogP contribution in [0, 0.1) is 13.8 Å². The average molecular weight is 396 g/mol. The molecule has 30 heavy (non-hydrogen) atoms. The first kappa shape index (κ1) is 20.2. The summed E-state index contributed by atoms with van der Waals surface area (Å²) in [5.74, 6) is 0.941. The van der Waals surface area contributed by atoms with Crippen LogP contribution in [-0.2, 0) is 13.1 Å². The maximum atomic E-state index is 5.85. The highest BCUT2D eigenvalue weighted by Crippen LogP contribution is 2.41. The molecule has 0 aliphatic carbocycles. The fourth-order valence-electron chi connectivity index (χ4n) is 4.40. The molecule has 0 spiro atoms. The fourth-order valence-corrected chi connectivity index (χ4v) is 4.40. The molecular formula is C28H29NO. The Bertz CT molecular complexity index is 1160. The van der Waals surface area contributed by atoms with Crippen molar-refractivity contribution in [1.29, 1.82) is 0 Å². The third kappa shape index (κ3) is 4.10. The first-order valence-corrected chi connectivity index (χ1v) is 10.5. The first-order valence-electron chi connectivity index (χ1n) is 10.5. The number of rotatable bonds is 6. The quantitative estimate of drug-likeness (QED) is 0.357. The summed E-state index contributed by atoms with van der Waals surface area (Å²) in [6.45, 7) is 6.09. The second kappa shape index (κ2) is 8.73. The second-order valence-corrected chi connectivity index (χ2v) is 8.14. The molecule has 0 aliphatic rings. The van der Waals surface area contributed by atoms with Crippen LogP contribution in [0.5, 0.6) is 5.75 Å². The lowest BCUT2D eigenvalue weighted by Crippen LogP contribution is -2.18. The molecule has 4 rings (SSSR count). The Morgan fingerprint density at radius 1 is 0.767 bits per heavy atom. The van der Waals surface area contributed by atoms with Gasteiger partial charge in [-0.15, -0.1) is 0 Å². The maximum absolute atomic E-state index is 5.85. The van der Waals surface area contributed by atoms with E-state index in [4.69, 9.17) is 4.74 Å². The van der Waals surface area contributed by atoms with E-state index in [-0.39, 0.29) is 0 Å². The zero-order valence-corrected chi connectivity index (χ0v) is 18.3. The highest BCUT2D eigenvalue weighted by Gasteiger charge is 2.18. The van der Waals surface area contributed by atoms with E-state index in [2.05, 4.69) is 105 Å². The van der Waals surface area contributed by atoms with Gasteiger partial charge >= 0.3 is 0 Å². The minimum atomic E-state index is 0.867. The summed E-state index contributed by atoms with van der Waals surface area (Å²) in [4.78, 5) is 2.37. The van der Waals surface area contributed by atoms with Crippen molar-refractivity contribution in [2.24, 2.45) is 0 Å². The van der Waals surface area contributed by atoms with E-state index in [1.165, 1.54) is 44.2 Å². The smallest absolute Gasteiger partial charge is 0.127 e. The molecule has 0 aliphatic heterocycles. The van der Waals surface area contributed by atoms with Gasteiger partial charge in [0.1, 0.15) is 5.75 Å². The standard InChI is InChI=1S/C28H29NO/c1-20-16-21(2)27(26(17-20)30-4)28-24(15-14-23-12-8-9-13-25(23)28)19-29(3)18-22-10-6-5-7-11-22/h5-17H,18-19H2,1-4H3. The largest absolute Gasteiger partial charge is 0.496 e. The van der Waals surface area contributed by atoms with E-state index < -0.39 is 0 Å². The van der Waals surface area contributed by atoms with Gasteiger partial charge in [-0.2, -0.15) is 0 Å². The molecule has 0 heterocycles. The molecule has 0 aromatic heterocycles. The maximum Gasteiger partial charge on any atom is 0.127 e. The van der Waals surface area contributed by atoms with Crippen molar-refractivity contribution in [2.75, 3.05) is 14.2 Å². The number of aryl methyl sites for hydroxylation is 2. The summed E-state index contributed by atoms with van der Waals surface area (Å²) in [6.07, 6.45) is 0. The number of nitrogens with zero attached hydrogens (tertiary/aromatic N) is 1. The van der Waals surface area contributed by atoms with Crippen LogP contribution < -0.4 is 4.74 Å². The van der Waals surface area contributed by atoms with Crippen LogP contribution >= 0.6 is 0 Å². The summed E-state index contributed by atoms with van der Waals surface area (Å²) in [7, 11) is 3.95. The summed E-state index contributed by atoms with van der Waals surface area (Å²) < 4.78 is 5.85. The minimum absolute atomic E-state index is 0.867. The molecule has 0 fully saturated rings. The van der Waals surface area contributed by atoms with E-state index >= 15 is 0 Å². The van der Waals surface area contributed by atoms with Crippen LogP contribution in [0.2, 0.25) is 0 Å².